The van der Waals surface area contributed by atoms with E-state index in [0.29, 0.717) is 12.2 Å². The van der Waals surface area contributed by atoms with Gasteiger partial charge in [-0.15, -0.1) is 0 Å². The number of anilines is 1. The Kier molecular flexibility index (Phi) is 8.40. The van der Waals surface area contributed by atoms with E-state index in [-0.39, 0.29) is 17.0 Å². The average Bonchev–Trinajstić information content (AvgIpc) is 2.72. The molecule has 0 spiro atoms. The molecule has 30 heavy (non-hydrogen) atoms. The van der Waals surface area contributed by atoms with Crippen LogP contribution in [0.5, 0.6) is 0 Å². The molecule has 0 saturated carbocycles. The van der Waals surface area contributed by atoms with Crippen LogP contribution in [0.4, 0.5) is 10.5 Å². The number of sulfonamides is 1. The third-order valence-corrected chi connectivity index (χ3v) is 7.00. The Morgan fingerprint density at radius 2 is 1.67 bits per heavy atom. The van der Waals surface area contributed by atoms with Crippen molar-refractivity contribution in [3.05, 3.63) is 59.7 Å². The number of amides is 2. The van der Waals surface area contributed by atoms with Crippen LogP contribution in [0.25, 0.3) is 0 Å². The van der Waals surface area contributed by atoms with Crippen LogP contribution in [0.1, 0.15) is 31.9 Å². The molecule has 0 radical (unpaired) electrons. The molecular weight excluding hydrogens is 400 g/mol. The number of urea groups is 1. The Hall–Kier alpha value is -2.42. The zero-order valence-electron chi connectivity index (χ0n) is 18.3. The second kappa shape index (κ2) is 10.6. The molecule has 0 aliphatic carbocycles. The van der Waals surface area contributed by atoms with Gasteiger partial charge in [0.25, 0.3) is 0 Å². The Bertz CT molecular complexity index is 943. The lowest BCUT2D eigenvalue weighted by atomic mass is 10.1. The number of hydrogen-bond acceptors (Lipinski definition) is 4. The van der Waals surface area contributed by atoms with Crippen LogP contribution < -0.4 is 10.6 Å². The number of benzene rings is 2. The zero-order chi connectivity index (χ0) is 22.3. The summed E-state index contributed by atoms with van der Waals surface area (Å²) in [7, 11) is 0.0727. The first kappa shape index (κ1) is 23.9. The summed E-state index contributed by atoms with van der Waals surface area (Å²) in [6, 6.07) is 13.8. The fraction of sp³-hybridized carbons (Fsp3) is 0.409. The summed E-state index contributed by atoms with van der Waals surface area (Å²) in [5.74, 6) is 0. The maximum Gasteiger partial charge on any atom is 0.319 e. The topological polar surface area (TPSA) is 81.8 Å². The van der Waals surface area contributed by atoms with E-state index in [0.717, 1.165) is 18.7 Å². The van der Waals surface area contributed by atoms with Gasteiger partial charge < -0.3 is 15.5 Å². The quantitative estimate of drug-likeness (QED) is 0.636. The molecule has 0 aliphatic heterocycles. The van der Waals surface area contributed by atoms with Gasteiger partial charge in [0.1, 0.15) is 0 Å². The molecule has 0 heterocycles. The molecule has 2 N–H and O–H groups in total. The van der Waals surface area contributed by atoms with Gasteiger partial charge in [0, 0.05) is 31.9 Å². The summed E-state index contributed by atoms with van der Waals surface area (Å²) in [6.45, 7) is 7.98. The van der Waals surface area contributed by atoms with Crippen molar-refractivity contribution in [3.63, 3.8) is 0 Å². The van der Waals surface area contributed by atoms with E-state index >= 15 is 0 Å². The molecule has 7 nitrogen and oxygen atoms in total. The van der Waals surface area contributed by atoms with Gasteiger partial charge in [0.05, 0.1) is 4.90 Å². The average molecular weight is 433 g/mol. The SMILES string of the molecule is CCN(C)Cc1cccc(CNC(=O)Nc2ccc(S(=O)(=O)N(C)C(C)C)cc2)c1. The fourth-order valence-electron chi connectivity index (χ4n) is 2.77. The van der Waals surface area contributed by atoms with E-state index in [1.807, 2.05) is 26.0 Å². The van der Waals surface area contributed by atoms with Crippen molar-refractivity contribution in [1.82, 2.24) is 14.5 Å². The smallest absolute Gasteiger partial charge is 0.319 e. The molecule has 0 bridgehead atoms. The lowest BCUT2D eigenvalue weighted by Gasteiger charge is -2.21. The molecule has 0 fully saturated rings. The Morgan fingerprint density at radius 1 is 1.03 bits per heavy atom. The van der Waals surface area contributed by atoms with Crippen molar-refractivity contribution in [3.8, 4) is 0 Å². The summed E-state index contributed by atoms with van der Waals surface area (Å²) in [5.41, 5.74) is 2.74. The maximum atomic E-state index is 12.5. The largest absolute Gasteiger partial charge is 0.334 e. The van der Waals surface area contributed by atoms with E-state index in [1.165, 1.54) is 22.0 Å². The first-order chi connectivity index (χ1) is 14.1. The number of rotatable bonds is 9. The van der Waals surface area contributed by atoms with Crippen LogP contribution in [0.2, 0.25) is 0 Å². The molecule has 2 aromatic carbocycles. The second-order valence-corrected chi connectivity index (χ2v) is 9.59. The van der Waals surface area contributed by atoms with Gasteiger partial charge in [0.15, 0.2) is 0 Å². The molecule has 0 unspecified atom stereocenters. The zero-order valence-corrected chi connectivity index (χ0v) is 19.2. The molecule has 2 rings (SSSR count). The lowest BCUT2D eigenvalue weighted by Crippen LogP contribution is -2.33. The first-order valence-corrected chi connectivity index (χ1v) is 11.5. The number of nitrogens with one attached hydrogen (secondary N) is 2. The highest BCUT2D eigenvalue weighted by atomic mass is 32.2. The van der Waals surface area contributed by atoms with Crippen molar-refractivity contribution in [1.29, 1.82) is 0 Å². The predicted octanol–water partition coefficient (Wildman–Crippen LogP) is 3.49. The normalized spacial score (nSPS) is 11.9. The monoisotopic (exact) mass is 432 g/mol. The van der Waals surface area contributed by atoms with Crippen molar-refractivity contribution in [2.45, 2.75) is 44.8 Å². The van der Waals surface area contributed by atoms with Crippen molar-refractivity contribution >= 4 is 21.7 Å². The third kappa shape index (κ3) is 6.55. The van der Waals surface area contributed by atoms with Gasteiger partial charge in [-0.05, 0) is 62.8 Å². The van der Waals surface area contributed by atoms with Crippen molar-refractivity contribution < 1.29 is 13.2 Å². The first-order valence-electron chi connectivity index (χ1n) is 10.0. The second-order valence-electron chi connectivity index (χ2n) is 7.60. The van der Waals surface area contributed by atoms with Crippen LogP contribution in [0, 0.1) is 0 Å². The van der Waals surface area contributed by atoms with Crippen LogP contribution >= 0.6 is 0 Å². The summed E-state index contributed by atoms with van der Waals surface area (Å²) < 4.78 is 26.3. The van der Waals surface area contributed by atoms with Gasteiger partial charge >= 0.3 is 6.03 Å². The molecule has 0 aromatic heterocycles. The predicted molar refractivity (Wildman–Crippen MR) is 121 cm³/mol. The Balaban J connectivity index is 1.94. The highest BCUT2D eigenvalue weighted by Crippen LogP contribution is 2.19. The summed E-state index contributed by atoms with van der Waals surface area (Å²) in [5, 5.41) is 5.56. The van der Waals surface area contributed by atoms with Crippen LogP contribution in [0.3, 0.4) is 0 Å². The molecule has 0 saturated heterocycles. The lowest BCUT2D eigenvalue weighted by molar-refractivity contribution is 0.251. The molecule has 2 amide bonds. The summed E-state index contributed by atoms with van der Waals surface area (Å²) in [4.78, 5) is 14.6. The van der Waals surface area contributed by atoms with Gasteiger partial charge in [-0.25, -0.2) is 13.2 Å². The van der Waals surface area contributed by atoms with E-state index < -0.39 is 10.0 Å². The van der Waals surface area contributed by atoms with Gasteiger partial charge in [0.2, 0.25) is 10.0 Å². The minimum atomic E-state index is -3.54. The van der Waals surface area contributed by atoms with Crippen LogP contribution in [-0.2, 0) is 23.1 Å². The number of carbonyl (C=O) groups excluding carboxylic acids is 1. The third-order valence-electron chi connectivity index (χ3n) is 4.95. The molecule has 0 atom stereocenters. The minimum Gasteiger partial charge on any atom is -0.334 e. The van der Waals surface area contributed by atoms with E-state index in [1.54, 1.807) is 19.2 Å². The minimum absolute atomic E-state index is 0.139. The summed E-state index contributed by atoms with van der Waals surface area (Å²) >= 11 is 0. The van der Waals surface area contributed by atoms with Crippen LogP contribution in [0.15, 0.2) is 53.4 Å². The molecule has 164 valence electrons. The maximum absolute atomic E-state index is 12.5. The Morgan fingerprint density at radius 3 is 2.27 bits per heavy atom. The van der Waals surface area contributed by atoms with Gasteiger partial charge in [-0.1, -0.05) is 31.2 Å². The number of hydrogen-bond donors (Lipinski definition) is 2. The Labute approximate surface area is 180 Å². The fourth-order valence-corrected chi connectivity index (χ4v) is 4.14. The van der Waals surface area contributed by atoms with Gasteiger partial charge in [-0.2, -0.15) is 4.31 Å². The number of nitrogens with zero attached hydrogens (tertiary/aromatic N) is 2. The molecule has 8 heteroatoms. The molecule has 2 aromatic rings. The standard InChI is InChI=1S/C22H32N4O3S/c1-6-25(4)16-19-9-7-8-18(14-19)15-23-22(27)24-20-10-12-21(13-11-20)30(28,29)26(5)17(2)3/h7-14,17H,6,15-16H2,1-5H3,(H2,23,24,27). The van der Waals surface area contributed by atoms with Crippen molar-refractivity contribution in [2.75, 3.05) is 26.0 Å². The van der Waals surface area contributed by atoms with E-state index in [4.69, 9.17) is 0 Å². The molecule has 0 aliphatic rings. The highest BCUT2D eigenvalue weighted by Gasteiger charge is 2.22. The van der Waals surface area contributed by atoms with Crippen LogP contribution in [-0.4, -0.2) is 50.3 Å². The van der Waals surface area contributed by atoms with Gasteiger partial charge in [-0.3, -0.25) is 0 Å². The highest BCUT2D eigenvalue weighted by molar-refractivity contribution is 7.89. The number of carbonyl (C=O) groups is 1. The summed E-state index contributed by atoms with van der Waals surface area (Å²) in [6.07, 6.45) is 0. The van der Waals surface area contributed by atoms with E-state index in [9.17, 15) is 13.2 Å². The van der Waals surface area contributed by atoms with Crippen molar-refractivity contribution in [2.24, 2.45) is 0 Å². The van der Waals surface area contributed by atoms with E-state index in [2.05, 4.69) is 41.6 Å². The molecular formula is C22H32N4O3S.